The molecule has 0 saturated carbocycles. The van der Waals surface area contributed by atoms with Crippen molar-refractivity contribution in [1.29, 1.82) is 0 Å². The number of nitrogens with one attached hydrogen (secondary N) is 2. The van der Waals surface area contributed by atoms with Crippen LogP contribution in [0.5, 0.6) is 11.5 Å². The first-order valence-corrected chi connectivity index (χ1v) is 9.55. The second-order valence-electron chi connectivity index (χ2n) is 6.37. The van der Waals surface area contributed by atoms with Crippen molar-refractivity contribution in [3.8, 4) is 11.5 Å². The molecule has 7 heteroatoms. The molecule has 160 valence electrons. The highest BCUT2D eigenvalue weighted by molar-refractivity contribution is 14.0. The number of methoxy groups -OCH3 is 1. The van der Waals surface area contributed by atoms with Crippen molar-refractivity contribution in [3.05, 3.63) is 59.7 Å². The zero-order valence-electron chi connectivity index (χ0n) is 17.6. The minimum absolute atomic E-state index is 0. The first kappa shape index (κ1) is 25.0. The van der Waals surface area contributed by atoms with Gasteiger partial charge in [-0.3, -0.25) is 4.99 Å². The van der Waals surface area contributed by atoms with Gasteiger partial charge >= 0.3 is 0 Å². The molecule has 2 aromatic rings. The van der Waals surface area contributed by atoms with Crippen molar-refractivity contribution >= 4 is 29.9 Å². The predicted molar refractivity (Wildman–Crippen MR) is 128 cm³/mol. The van der Waals surface area contributed by atoms with Gasteiger partial charge in [0.15, 0.2) is 5.96 Å². The Morgan fingerprint density at radius 1 is 1.03 bits per heavy atom. The van der Waals surface area contributed by atoms with Crippen molar-refractivity contribution in [3.63, 3.8) is 0 Å². The largest absolute Gasteiger partial charge is 0.497 e. The monoisotopic (exact) mass is 513 g/mol. The molecular formula is C22H32IN3O3. The minimum atomic E-state index is -0.0245. The van der Waals surface area contributed by atoms with Gasteiger partial charge in [-0.25, -0.2) is 0 Å². The lowest BCUT2D eigenvalue weighted by Gasteiger charge is -2.18. The molecule has 6 nitrogen and oxygen atoms in total. The van der Waals surface area contributed by atoms with E-state index in [1.54, 1.807) is 14.2 Å². The second kappa shape index (κ2) is 14.1. The van der Waals surface area contributed by atoms with Gasteiger partial charge in [0.1, 0.15) is 17.6 Å². The Bertz CT molecular complexity index is 738. The molecule has 0 amide bonds. The lowest BCUT2D eigenvalue weighted by atomic mass is 10.1. The molecule has 2 aromatic carbocycles. The molecule has 0 radical (unpaired) electrons. The fraction of sp³-hybridized carbons (Fsp3) is 0.409. The number of hydrogen-bond acceptors (Lipinski definition) is 4. The lowest BCUT2D eigenvalue weighted by molar-refractivity contribution is 0.134. The Morgan fingerprint density at radius 2 is 1.72 bits per heavy atom. The SMILES string of the molecule is CCOCc1ccc(CNC(=NC)NCC(C)Oc2cccc(OC)c2)cc1.I. The summed E-state index contributed by atoms with van der Waals surface area (Å²) in [6.45, 7) is 6.71. The summed E-state index contributed by atoms with van der Waals surface area (Å²) in [7, 11) is 3.40. The van der Waals surface area contributed by atoms with E-state index in [2.05, 4.69) is 39.9 Å². The van der Waals surface area contributed by atoms with Crippen LogP contribution in [-0.2, 0) is 17.9 Å². The molecule has 0 bridgehead atoms. The average Bonchev–Trinajstić information content (AvgIpc) is 2.73. The molecule has 0 aliphatic carbocycles. The molecule has 1 atom stereocenters. The molecule has 29 heavy (non-hydrogen) atoms. The topological polar surface area (TPSA) is 64.1 Å². The lowest BCUT2D eigenvalue weighted by Crippen LogP contribution is -2.41. The van der Waals surface area contributed by atoms with Gasteiger partial charge in [0, 0.05) is 26.3 Å². The number of benzene rings is 2. The average molecular weight is 513 g/mol. The van der Waals surface area contributed by atoms with E-state index in [4.69, 9.17) is 14.2 Å². The Hall–Kier alpha value is -2.00. The first-order valence-electron chi connectivity index (χ1n) is 9.55. The quantitative estimate of drug-likeness (QED) is 0.286. The van der Waals surface area contributed by atoms with Gasteiger partial charge in [-0.05, 0) is 37.1 Å². The summed E-state index contributed by atoms with van der Waals surface area (Å²) >= 11 is 0. The number of hydrogen-bond donors (Lipinski definition) is 2. The molecule has 1 unspecified atom stereocenters. The van der Waals surface area contributed by atoms with Crippen molar-refractivity contribution in [2.24, 2.45) is 4.99 Å². The van der Waals surface area contributed by atoms with E-state index in [0.717, 1.165) is 24.1 Å². The smallest absolute Gasteiger partial charge is 0.191 e. The summed E-state index contributed by atoms with van der Waals surface area (Å²) in [5.74, 6) is 2.30. The summed E-state index contributed by atoms with van der Waals surface area (Å²) in [6, 6.07) is 16.0. The van der Waals surface area contributed by atoms with Crippen molar-refractivity contribution in [2.45, 2.75) is 33.1 Å². The van der Waals surface area contributed by atoms with Crippen LogP contribution in [0, 0.1) is 0 Å². The van der Waals surface area contributed by atoms with Crippen LogP contribution in [0.3, 0.4) is 0 Å². The molecule has 0 aliphatic rings. The highest BCUT2D eigenvalue weighted by Crippen LogP contribution is 2.19. The molecule has 0 spiro atoms. The number of ether oxygens (including phenoxy) is 3. The van der Waals surface area contributed by atoms with Gasteiger partial charge < -0.3 is 24.8 Å². The summed E-state index contributed by atoms with van der Waals surface area (Å²) < 4.78 is 16.6. The Kier molecular flexibility index (Phi) is 12.1. The van der Waals surface area contributed by atoms with E-state index in [9.17, 15) is 0 Å². The van der Waals surface area contributed by atoms with Crippen molar-refractivity contribution in [2.75, 3.05) is 27.3 Å². The number of halogens is 1. The van der Waals surface area contributed by atoms with Gasteiger partial charge in [-0.1, -0.05) is 30.3 Å². The molecule has 2 N–H and O–H groups in total. The molecule has 0 fully saturated rings. The van der Waals surface area contributed by atoms with Gasteiger partial charge in [0.2, 0.25) is 0 Å². The second-order valence-corrected chi connectivity index (χ2v) is 6.37. The first-order chi connectivity index (χ1) is 13.6. The molecule has 2 rings (SSSR count). The van der Waals surface area contributed by atoms with Crippen LogP contribution in [0.25, 0.3) is 0 Å². The summed E-state index contributed by atoms with van der Waals surface area (Å²) in [5.41, 5.74) is 2.36. The summed E-state index contributed by atoms with van der Waals surface area (Å²) in [5, 5.41) is 6.61. The number of rotatable bonds is 10. The van der Waals surface area contributed by atoms with E-state index < -0.39 is 0 Å². The Balaban J connectivity index is 0.00000420. The van der Waals surface area contributed by atoms with Gasteiger partial charge in [0.25, 0.3) is 0 Å². The third-order valence-electron chi connectivity index (χ3n) is 4.11. The van der Waals surface area contributed by atoms with Crippen LogP contribution < -0.4 is 20.1 Å². The van der Waals surface area contributed by atoms with Crippen LogP contribution in [0.1, 0.15) is 25.0 Å². The van der Waals surface area contributed by atoms with Crippen molar-refractivity contribution in [1.82, 2.24) is 10.6 Å². The van der Waals surface area contributed by atoms with Crippen LogP contribution in [0.15, 0.2) is 53.5 Å². The minimum Gasteiger partial charge on any atom is -0.497 e. The van der Waals surface area contributed by atoms with Crippen LogP contribution in [0.2, 0.25) is 0 Å². The van der Waals surface area contributed by atoms with Crippen LogP contribution >= 0.6 is 24.0 Å². The van der Waals surface area contributed by atoms with Gasteiger partial charge in [0.05, 0.1) is 20.3 Å². The predicted octanol–water partition coefficient (Wildman–Crippen LogP) is 3.98. The fourth-order valence-corrected chi connectivity index (χ4v) is 2.57. The maximum absolute atomic E-state index is 5.92. The zero-order valence-corrected chi connectivity index (χ0v) is 19.9. The van der Waals surface area contributed by atoms with E-state index in [1.807, 2.05) is 38.1 Å². The third kappa shape index (κ3) is 9.36. The molecular weight excluding hydrogens is 481 g/mol. The van der Waals surface area contributed by atoms with E-state index in [0.29, 0.717) is 19.7 Å². The fourth-order valence-electron chi connectivity index (χ4n) is 2.57. The molecule has 0 saturated heterocycles. The van der Waals surface area contributed by atoms with Crippen molar-refractivity contribution < 1.29 is 14.2 Å². The normalized spacial score (nSPS) is 11.9. The standard InChI is InChI=1S/C22H31N3O3.HI/c1-5-27-16-19-11-9-18(10-12-19)15-25-22(23-3)24-14-17(2)28-21-8-6-7-20(13-21)26-4;/h6-13,17H,5,14-16H2,1-4H3,(H2,23,24,25);1H. The highest BCUT2D eigenvalue weighted by atomic mass is 127. The van der Waals surface area contributed by atoms with Gasteiger partial charge in [-0.2, -0.15) is 0 Å². The van der Waals surface area contributed by atoms with E-state index in [1.165, 1.54) is 11.1 Å². The van der Waals surface area contributed by atoms with Crippen LogP contribution in [0.4, 0.5) is 0 Å². The highest BCUT2D eigenvalue weighted by Gasteiger charge is 2.07. The maximum Gasteiger partial charge on any atom is 0.191 e. The van der Waals surface area contributed by atoms with E-state index >= 15 is 0 Å². The zero-order chi connectivity index (χ0) is 20.2. The number of guanidine groups is 1. The summed E-state index contributed by atoms with van der Waals surface area (Å²) in [4.78, 5) is 4.27. The number of aliphatic imine (C=N–C) groups is 1. The summed E-state index contributed by atoms with van der Waals surface area (Å²) in [6.07, 6.45) is -0.0245. The van der Waals surface area contributed by atoms with E-state index in [-0.39, 0.29) is 30.1 Å². The van der Waals surface area contributed by atoms with Crippen LogP contribution in [-0.4, -0.2) is 39.4 Å². The third-order valence-corrected chi connectivity index (χ3v) is 4.11. The molecule has 0 aromatic heterocycles. The Morgan fingerprint density at radius 3 is 2.38 bits per heavy atom. The Labute approximate surface area is 191 Å². The van der Waals surface area contributed by atoms with Gasteiger partial charge in [-0.15, -0.1) is 24.0 Å². The molecule has 0 heterocycles. The number of nitrogens with zero attached hydrogens (tertiary/aromatic N) is 1. The maximum atomic E-state index is 5.92. The molecule has 0 aliphatic heterocycles.